The van der Waals surface area contributed by atoms with Gasteiger partial charge in [0.05, 0.1) is 41.5 Å². The summed E-state index contributed by atoms with van der Waals surface area (Å²) in [5.41, 5.74) is 5.08. The molecule has 1 saturated heterocycles. The highest BCUT2D eigenvalue weighted by molar-refractivity contribution is 6.30. The number of carboxylic acids is 1. The van der Waals surface area contributed by atoms with E-state index in [1.165, 1.54) is 5.57 Å². The van der Waals surface area contributed by atoms with Gasteiger partial charge in [0.25, 0.3) is 0 Å². The number of aromatic nitrogens is 3. The molecular weight excluding hydrogens is 516 g/mol. The standard InChI is InChI=1S/C30H29ClN4O4/c31-23-7-4-20(5-8-23)19-39-29-3-1-2-25(33-29)21-10-13-34(14-11-21)18-28-32-26-9-6-22(30(36)37)16-27(26)35(28)17-24-12-15-38-24/h1-10,16,24H,11-15,17-19H2,(H,36,37)/t24-/m0/s1. The number of hydrogen-bond acceptors (Lipinski definition) is 6. The molecule has 1 atom stereocenters. The first kappa shape index (κ1) is 25.6. The monoisotopic (exact) mass is 544 g/mol. The number of halogens is 1. The van der Waals surface area contributed by atoms with Gasteiger partial charge in [0.2, 0.25) is 5.88 Å². The molecule has 1 N–H and O–H groups in total. The van der Waals surface area contributed by atoms with Gasteiger partial charge in [0, 0.05) is 30.8 Å². The highest BCUT2D eigenvalue weighted by Gasteiger charge is 2.24. The number of carbonyl (C=O) groups is 1. The number of rotatable bonds is 9. The van der Waals surface area contributed by atoms with Crippen LogP contribution in [-0.2, 0) is 24.4 Å². The van der Waals surface area contributed by atoms with Crippen molar-refractivity contribution in [1.82, 2.24) is 19.4 Å². The van der Waals surface area contributed by atoms with Crippen LogP contribution in [0, 0.1) is 0 Å². The number of fused-ring (bicyclic) bond motifs is 1. The Hall–Kier alpha value is -3.72. The maximum atomic E-state index is 11.6. The molecule has 4 aromatic rings. The third kappa shape index (κ3) is 5.83. The molecule has 0 saturated carbocycles. The second kappa shape index (κ2) is 11.2. The molecule has 0 amide bonds. The average molecular weight is 545 g/mol. The van der Waals surface area contributed by atoms with E-state index in [-0.39, 0.29) is 11.7 Å². The van der Waals surface area contributed by atoms with E-state index in [1.807, 2.05) is 42.5 Å². The molecule has 0 radical (unpaired) electrons. The first-order chi connectivity index (χ1) is 19.0. The maximum absolute atomic E-state index is 11.6. The summed E-state index contributed by atoms with van der Waals surface area (Å²) in [6, 6.07) is 18.6. The van der Waals surface area contributed by atoms with Crippen LogP contribution in [0.1, 0.15) is 40.3 Å². The van der Waals surface area contributed by atoms with E-state index in [0.717, 1.165) is 60.7 Å². The minimum atomic E-state index is -0.937. The third-order valence-corrected chi connectivity index (χ3v) is 7.52. The van der Waals surface area contributed by atoms with E-state index in [9.17, 15) is 9.90 Å². The van der Waals surface area contributed by atoms with Crippen LogP contribution in [0.3, 0.4) is 0 Å². The molecule has 0 bridgehead atoms. The zero-order valence-electron chi connectivity index (χ0n) is 21.4. The zero-order valence-corrected chi connectivity index (χ0v) is 22.2. The fourth-order valence-corrected chi connectivity index (χ4v) is 5.09. The van der Waals surface area contributed by atoms with Gasteiger partial charge >= 0.3 is 5.97 Å². The molecule has 6 rings (SSSR count). The second-order valence-corrected chi connectivity index (χ2v) is 10.4. The van der Waals surface area contributed by atoms with Crippen molar-refractivity contribution >= 4 is 34.2 Å². The van der Waals surface area contributed by atoms with Crippen molar-refractivity contribution in [3.8, 4) is 5.88 Å². The largest absolute Gasteiger partial charge is 0.478 e. The Balaban J connectivity index is 1.15. The van der Waals surface area contributed by atoms with Crippen LogP contribution in [0.25, 0.3) is 16.6 Å². The summed E-state index contributed by atoms with van der Waals surface area (Å²) in [4.78, 5) is 23.5. The number of pyridine rings is 1. The minimum absolute atomic E-state index is 0.141. The molecule has 2 aromatic heterocycles. The lowest BCUT2D eigenvalue weighted by Gasteiger charge is -2.29. The van der Waals surface area contributed by atoms with Gasteiger partial charge in [-0.25, -0.2) is 14.8 Å². The molecule has 4 heterocycles. The first-order valence-electron chi connectivity index (χ1n) is 13.1. The van der Waals surface area contributed by atoms with Gasteiger partial charge in [-0.15, -0.1) is 0 Å². The molecule has 9 heteroatoms. The van der Waals surface area contributed by atoms with Crippen molar-refractivity contribution in [1.29, 1.82) is 0 Å². The van der Waals surface area contributed by atoms with Gasteiger partial charge < -0.3 is 19.1 Å². The highest BCUT2D eigenvalue weighted by Crippen LogP contribution is 2.26. The smallest absolute Gasteiger partial charge is 0.335 e. The number of imidazole rings is 1. The van der Waals surface area contributed by atoms with E-state index in [2.05, 4.69) is 15.5 Å². The zero-order chi connectivity index (χ0) is 26.8. The van der Waals surface area contributed by atoms with E-state index < -0.39 is 5.97 Å². The summed E-state index contributed by atoms with van der Waals surface area (Å²) in [6.07, 6.45) is 4.23. The lowest BCUT2D eigenvalue weighted by molar-refractivity contribution is -0.0591. The van der Waals surface area contributed by atoms with Crippen LogP contribution in [0.2, 0.25) is 5.02 Å². The first-order valence-corrected chi connectivity index (χ1v) is 13.5. The van der Waals surface area contributed by atoms with Crippen LogP contribution < -0.4 is 4.74 Å². The Morgan fingerprint density at radius 1 is 1.13 bits per heavy atom. The van der Waals surface area contributed by atoms with Crippen LogP contribution in [0.4, 0.5) is 0 Å². The highest BCUT2D eigenvalue weighted by atomic mass is 35.5. The van der Waals surface area contributed by atoms with Crippen molar-refractivity contribution in [2.24, 2.45) is 0 Å². The van der Waals surface area contributed by atoms with E-state index >= 15 is 0 Å². The molecule has 2 aromatic carbocycles. The van der Waals surface area contributed by atoms with E-state index in [4.69, 9.17) is 31.0 Å². The van der Waals surface area contributed by atoms with E-state index in [1.54, 1.807) is 18.2 Å². The Bertz CT molecular complexity index is 1530. The summed E-state index contributed by atoms with van der Waals surface area (Å²) >= 11 is 5.97. The normalized spacial score (nSPS) is 17.6. The molecule has 0 unspecified atom stereocenters. The minimum Gasteiger partial charge on any atom is -0.478 e. The van der Waals surface area contributed by atoms with Crippen LogP contribution >= 0.6 is 11.6 Å². The fourth-order valence-electron chi connectivity index (χ4n) is 4.96. The summed E-state index contributed by atoms with van der Waals surface area (Å²) < 4.78 is 13.7. The Morgan fingerprint density at radius 3 is 2.69 bits per heavy atom. The SMILES string of the molecule is O=C(O)c1ccc2nc(CN3CC=C(c4cccc(OCc5ccc(Cl)cc5)n4)CC3)n(C[C@@H]3CCO3)c2c1. The Kier molecular flexibility index (Phi) is 7.32. The van der Waals surface area contributed by atoms with Gasteiger partial charge in [-0.2, -0.15) is 0 Å². The number of hydrogen-bond donors (Lipinski definition) is 1. The summed E-state index contributed by atoms with van der Waals surface area (Å²) in [5, 5.41) is 10.2. The topological polar surface area (TPSA) is 89.7 Å². The lowest BCUT2D eigenvalue weighted by atomic mass is 10.0. The molecule has 200 valence electrons. The third-order valence-electron chi connectivity index (χ3n) is 7.26. The Labute approximate surface area is 231 Å². The molecule has 2 aliphatic heterocycles. The van der Waals surface area contributed by atoms with Gasteiger partial charge in [0.15, 0.2) is 0 Å². The van der Waals surface area contributed by atoms with Crippen molar-refractivity contribution < 1.29 is 19.4 Å². The average Bonchev–Trinajstić information content (AvgIpc) is 3.26. The van der Waals surface area contributed by atoms with Gasteiger partial charge in [-0.3, -0.25) is 4.90 Å². The predicted molar refractivity (Wildman–Crippen MR) is 149 cm³/mol. The summed E-state index contributed by atoms with van der Waals surface area (Å²) in [5.74, 6) is 0.585. The molecule has 39 heavy (non-hydrogen) atoms. The number of ether oxygens (including phenoxy) is 2. The van der Waals surface area contributed by atoms with Crippen LogP contribution in [-0.4, -0.2) is 56.3 Å². The molecule has 0 spiro atoms. The van der Waals surface area contributed by atoms with Crippen molar-refractivity contribution in [2.75, 3.05) is 19.7 Å². The van der Waals surface area contributed by atoms with E-state index in [0.29, 0.717) is 30.6 Å². The molecule has 1 fully saturated rings. The van der Waals surface area contributed by atoms with Crippen molar-refractivity contribution in [3.63, 3.8) is 0 Å². The quantitative estimate of drug-likeness (QED) is 0.300. The maximum Gasteiger partial charge on any atom is 0.335 e. The van der Waals surface area contributed by atoms with Gasteiger partial charge in [0.1, 0.15) is 12.4 Å². The number of aromatic carboxylic acids is 1. The molecular formula is C30H29ClN4O4. The summed E-state index contributed by atoms with van der Waals surface area (Å²) in [6.45, 7) is 4.19. The second-order valence-electron chi connectivity index (χ2n) is 9.92. The van der Waals surface area contributed by atoms with Crippen LogP contribution in [0.5, 0.6) is 5.88 Å². The Morgan fingerprint density at radius 2 is 1.97 bits per heavy atom. The fraction of sp³-hybridized carbons (Fsp3) is 0.300. The number of benzene rings is 2. The number of carboxylic acid groups (broad SMARTS) is 1. The predicted octanol–water partition coefficient (Wildman–Crippen LogP) is 5.44. The molecule has 8 nitrogen and oxygen atoms in total. The van der Waals surface area contributed by atoms with Gasteiger partial charge in [-0.1, -0.05) is 35.9 Å². The van der Waals surface area contributed by atoms with Crippen molar-refractivity contribution in [3.05, 3.63) is 94.4 Å². The molecule has 2 aliphatic rings. The molecule has 0 aliphatic carbocycles. The van der Waals surface area contributed by atoms with Crippen LogP contribution in [0.15, 0.2) is 66.7 Å². The summed E-state index contributed by atoms with van der Waals surface area (Å²) in [7, 11) is 0. The lowest BCUT2D eigenvalue weighted by Crippen LogP contribution is -2.33. The van der Waals surface area contributed by atoms with Crippen molar-refractivity contribution in [2.45, 2.75) is 38.6 Å². The number of nitrogens with zero attached hydrogens (tertiary/aromatic N) is 4. The van der Waals surface area contributed by atoms with Gasteiger partial charge in [-0.05, 0) is 60.4 Å².